The van der Waals surface area contributed by atoms with Crippen LogP contribution >= 0.6 is 11.3 Å². The molecule has 24 heteroatoms. The highest BCUT2D eigenvalue weighted by Gasteiger charge is 2.44. The van der Waals surface area contributed by atoms with Gasteiger partial charge in [-0.2, -0.15) is 5.10 Å². The number of rotatable bonds is 20. The van der Waals surface area contributed by atoms with Gasteiger partial charge in [-0.3, -0.25) is 33.0 Å². The van der Waals surface area contributed by atoms with Gasteiger partial charge in [0.25, 0.3) is 5.91 Å². The molecule has 1 aliphatic heterocycles. The first-order valence-electron chi connectivity index (χ1n) is 28.4. The third-order valence-electron chi connectivity index (χ3n) is 15.9. The van der Waals surface area contributed by atoms with E-state index < -0.39 is 65.7 Å². The number of imidazole rings is 1. The highest BCUT2D eigenvalue weighted by atomic mass is 32.1. The second-order valence-corrected chi connectivity index (χ2v) is 24.0. The molecular weight excluding hydrogens is 1110 g/mol. The number of aryl methyl sites for hydroxylation is 2. The number of H-pyrrole nitrogens is 1. The maximum absolute atomic E-state index is 16.3. The maximum atomic E-state index is 16.3. The molecule has 85 heavy (non-hydrogen) atoms. The Morgan fingerprint density at radius 2 is 1.66 bits per heavy atom. The zero-order valence-corrected chi connectivity index (χ0v) is 49.6. The molecule has 448 valence electrons. The van der Waals surface area contributed by atoms with Gasteiger partial charge in [-0.1, -0.05) is 57.2 Å². The van der Waals surface area contributed by atoms with E-state index in [0.717, 1.165) is 38.2 Å². The number of aliphatic hydroxyl groups excluding tert-OH is 1. The van der Waals surface area contributed by atoms with Crippen molar-refractivity contribution < 1.29 is 47.7 Å². The quantitative estimate of drug-likeness (QED) is 0.0417. The first kappa shape index (κ1) is 59.8. The van der Waals surface area contributed by atoms with Gasteiger partial charge >= 0.3 is 11.8 Å². The lowest BCUT2D eigenvalue weighted by atomic mass is 9.85. The van der Waals surface area contributed by atoms with Crippen LogP contribution in [0.25, 0.3) is 65.8 Å². The van der Waals surface area contributed by atoms with Gasteiger partial charge in [0.05, 0.1) is 94.7 Å². The number of hydrogen-bond donors (Lipinski definition) is 6. The normalized spacial score (nSPS) is 17.5. The zero-order chi connectivity index (χ0) is 60.4. The molecule has 10 rings (SSSR count). The molecule has 1 saturated carbocycles. The van der Waals surface area contributed by atoms with Crippen LogP contribution in [-0.2, 0) is 42.2 Å². The SMILES string of the molecule is COC(=O)N[C@@H]1CC[C@@H](n2c(=O)n(C)c3cnc4[nH]c(-c5ccc(C(=O)NCCOCCOCC(=O)N[C@H](C(=O)N6C[C@H](O)C[C@H]6C(=O)NCc6ccc(-c7scnc7C)cc6)C(C)(C)C)c(F)c5)c(-c5ccc6c(cnn6C(C)C)c5)c4c32)C1. The number of methoxy groups -OCH3 is 1. The zero-order valence-electron chi connectivity index (χ0n) is 48.8. The number of alkyl carbamates (subject to hydrolysis) is 1. The fourth-order valence-corrected chi connectivity index (χ4v) is 12.4. The lowest BCUT2D eigenvalue weighted by molar-refractivity contribution is -0.144. The van der Waals surface area contributed by atoms with E-state index in [2.05, 4.69) is 36.3 Å². The van der Waals surface area contributed by atoms with Crippen LogP contribution in [0.4, 0.5) is 9.18 Å². The minimum absolute atomic E-state index is 0.00385. The number of benzene rings is 3. The summed E-state index contributed by atoms with van der Waals surface area (Å²) in [7, 11) is 3.01. The van der Waals surface area contributed by atoms with Crippen molar-refractivity contribution in [1.29, 1.82) is 0 Å². The van der Waals surface area contributed by atoms with E-state index in [-0.39, 0.29) is 75.3 Å². The molecule has 22 nitrogen and oxygen atoms in total. The number of hydrogen-bond acceptors (Lipinski definition) is 14. The second-order valence-electron chi connectivity index (χ2n) is 23.1. The molecule has 2 fully saturated rings. The van der Waals surface area contributed by atoms with E-state index >= 15 is 4.39 Å². The first-order valence-corrected chi connectivity index (χ1v) is 29.3. The van der Waals surface area contributed by atoms with Gasteiger partial charge in [0.1, 0.15) is 30.2 Å². The minimum atomic E-state index is -1.04. The Morgan fingerprint density at radius 3 is 2.38 bits per heavy atom. The molecular formula is C61H71FN12O10S. The minimum Gasteiger partial charge on any atom is -0.453 e. The van der Waals surface area contributed by atoms with Crippen LogP contribution in [-0.4, -0.2) is 144 Å². The van der Waals surface area contributed by atoms with Crippen LogP contribution in [0.15, 0.2) is 83.4 Å². The molecule has 3 aromatic carbocycles. The summed E-state index contributed by atoms with van der Waals surface area (Å²) < 4.78 is 37.7. The van der Waals surface area contributed by atoms with E-state index in [1.54, 1.807) is 72.3 Å². The molecule has 0 bridgehead atoms. The van der Waals surface area contributed by atoms with Crippen LogP contribution in [0.1, 0.15) is 94.0 Å². The molecule has 5 amide bonds. The Bertz CT molecular complexity index is 3880. The number of amides is 5. The maximum Gasteiger partial charge on any atom is 0.407 e. The lowest BCUT2D eigenvalue weighted by Gasteiger charge is -2.35. The molecule has 5 aromatic heterocycles. The van der Waals surface area contributed by atoms with Crippen molar-refractivity contribution in [2.75, 3.05) is 46.6 Å². The van der Waals surface area contributed by atoms with Crippen molar-refractivity contribution in [3.8, 4) is 32.8 Å². The third-order valence-corrected chi connectivity index (χ3v) is 16.9. The summed E-state index contributed by atoms with van der Waals surface area (Å²) >= 11 is 1.55. The van der Waals surface area contributed by atoms with Crippen molar-refractivity contribution in [3.63, 3.8) is 0 Å². The molecule has 6 heterocycles. The summed E-state index contributed by atoms with van der Waals surface area (Å²) in [6.45, 7) is 11.3. The fourth-order valence-electron chi connectivity index (χ4n) is 11.5. The van der Waals surface area contributed by atoms with E-state index in [1.165, 1.54) is 24.1 Å². The van der Waals surface area contributed by atoms with Crippen LogP contribution in [0.2, 0.25) is 0 Å². The van der Waals surface area contributed by atoms with Crippen LogP contribution in [0.5, 0.6) is 0 Å². The van der Waals surface area contributed by atoms with Gasteiger partial charge in [0.2, 0.25) is 17.7 Å². The predicted molar refractivity (Wildman–Crippen MR) is 319 cm³/mol. The van der Waals surface area contributed by atoms with Crippen molar-refractivity contribution >= 4 is 74.0 Å². The molecule has 5 atom stereocenters. The number of β-amino-alcohol motifs (C(OH)–C–C–N with tert-alkyl or cyclic N) is 1. The number of ether oxygens (including phenoxy) is 3. The van der Waals surface area contributed by atoms with Crippen molar-refractivity contribution in [2.24, 2.45) is 12.5 Å². The van der Waals surface area contributed by atoms with Gasteiger partial charge in [-0.25, -0.2) is 23.9 Å². The number of aromatic amines is 1. The van der Waals surface area contributed by atoms with E-state index in [1.807, 2.05) is 67.9 Å². The standard InChI is InChI=1S/C61H71FN12O10S/c1-33(2)74-45-18-14-37(23-39(45)28-67-74)49-50-52-47(71(7)60(81)73(52)41-16-15-40(25-41)68-59(80)82-8)29-64-55(50)70-51(49)38-13-17-43(44(62)24-38)56(77)63-19-20-83-21-22-84-31-48(76)69-54(61(4,5)6)58(79)72-30-42(75)26-46(72)57(78)65-27-35-9-11-36(12-10-35)53-34(3)66-32-85-53/h9-14,17-18,23-24,28-29,32-33,40-42,46,54,75H,15-16,19-22,25-27,30-31H2,1-8H3,(H,63,77)(H,64,70)(H,65,78)(H,68,80)(H,69,76)/t40-,41-,42-,46+,54-/m1/s1. The Hall–Kier alpha value is -8.32. The lowest BCUT2D eigenvalue weighted by Crippen LogP contribution is -2.58. The summed E-state index contributed by atoms with van der Waals surface area (Å²) in [4.78, 5) is 95.6. The number of fused-ring (bicyclic) bond motifs is 4. The molecule has 0 spiro atoms. The Morgan fingerprint density at radius 1 is 0.906 bits per heavy atom. The van der Waals surface area contributed by atoms with Crippen LogP contribution in [0.3, 0.4) is 0 Å². The Kier molecular flexibility index (Phi) is 17.7. The second kappa shape index (κ2) is 25.1. The highest BCUT2D eigenvalue weighted by molar-refractivity contribution is 7.13. The average molecular weight is 1180 g/mol. The number of pyridine rings is 1. The number of nitrogens with one attached hydrogen (secondary N) is 5. The largest absolute Gasteiger partial charge is 0.453 e. The van der Waals surface area contributed by atoms with Gasteiger partial charge in [-0.05, 0) is 86.4 Å². The molecule has 6 N–H and O–H groups in total. The molecule has 2 aliphatic rings. The van der Waals surface area contributed by atoms with Crippen LogP contribution in [0, 0.1) is 18.2 Å². The number of likely N-dealkylation sites (tertiary alicyclic amines) is 1. The molecule has 1 aliphatic carbocycles. The summed E-state index contributed by atoms with van der Waals surface area (Å²) in [5, 5.41) is 28.1. The number of aromatic nitrogens is 7. The number of aliphatic hydroxyl groups is 1. The fraction of sp³-hybridized carbons (Fsp3) is 0.426. The van der Waals surface area contributed by atoms with Crippen molar-refractivity contribution in [3.05, 3.63) is 112 Å². The van der Waals surface area contributed by atoms with E-state index in [0.29, 0.717) is 58.2 Å². The first-order chi connectivity index (χ1) is 40.7. The number of carbonyl (C=O) groups excluding carboxylic acids is 5. The van der Waals surface area contributed by atoms with Gasteiger partial charge in [0.15, 0.2) is 0 Å². The number of halogens is 1. The van der Waals surface area contributed by atoms with Gasteiger partial charge < -0.3 is 50.5 Å². The smallest absolute Gasteiger partial charge is 0.407 e. The summed E-state index contributed by atoms with van der Waals surface area (Å²) in [6, 6.07) is 15.8. The molecule has 0 unspecified atom stereocenters. The van der Waals surface area contributed by atoms with Crippen molar-refractivity contribution in [1.82, 2.24) is 60.0 Å². The Labute approximate surface area is 493 Å². The Balaban J connectivity index is 0.747. The van der Waals surface area contributed by atoms with E-state index in [4.69, 9.17) is 19.2 Å². The van der Waals surface area contributed by atoms with Gasteiger partial charge in [-0.15, -0.1) is 11.3 Å². The summed E-state index contributed by atoms with van der Waals surface area (Å²) in [6.07, 6.45) is 3.79. The molecule has 8 aromatic rings. The topological polar surface area (TPSA) is 271 Å². The third kappa shape index (κ3) is 12.6. The monoisotopic (exact) mass is 1180 g/mol. The number of thiazole rings is 1. The van der Waals surface area contributed by atoms with Crippen molar-refractivity contribution in [2.45, 2.75) is 110 Å². The highest BCUT2D eigenvalue weighted by Crippen LogP contribution is 2.44. The van der Waals surface area contributed by atoms with Gasteiger partial charge in [0, 0.05) is 67.7 Å². The number of carbonyl (C=O) groups is 5. The van der Waals surface area contributed by atoms with E-state index in [9.17, 15) is 33.9 Å². The molecule has 1 saturated heterocycles. The molecule has 0 radical (unpaired) electrons. The summed E-state index contributed by atoms with van der Waals surface area (Å²) in [5.74, 6) is -2.92. The number of nitrogens with zero attached hydrogens (tertiary/aromatic N) is 7. The summed E-state index contributed by atoms with van der Waals surface area (Å²) in [5.41, 5.74) is 8.41. The average Bonchev–Trinajstić information content (AvgIpc) is 1.82. The van der Waals surface area contributed by atoms with Crippen LogP contribution < -0.4 is 27.0 Å². The predicted octanol–water partition coefficient (Wildman–Crippen LogP) is 7.07.